The lowest BCUT2D eigenvalue weighted by Crippen LogP contribution is -2.49. The van der Waals surface area contributed by atoms with Gasteiger partial charge in [-0.15, -0.1) is 0 Å². The summed E-state index contributed by atoms with van der Waals surface area (Å²) >= 11 is 6.00. The molecule has 0 aromatic heterocycles. The zero-order valence-corrected chi connectivity index (χ0v) is 12.7. The summed E-state index contributed by atoms with van der Waals surface area (Å²) in [5, 5.41) is 4.13. The summed E-state index contributed by atoms with van der Waals surface area (Å²) in [4.78, 5) is 2.40. The van der Waals surface area contributed by atoms with Crippen LogP contribution in [0.4, 0.5) is 10.1 Å². The molecule has 0 saturated carbocycles. The van der Waals surface area contributed by atoms with Gasteiger partial charge in [0.25, 0.3) is 0 Å². The Balaban J connectivity index is 1.76. The molecule has 1 aromatic rings. The Morgan fingerprint density at radius 1 is 1.25 bits per heavy atom. The molecular formula is C16H22ClFN2. The average molecular weight is 297 g/mol. The summed E-state index contributed by atoms with van der Waals surface area (Å²) in [6.07, 6.45) is 5.91. The molecule has 2 saturated heterocycles. The number of nitrogens with zero attached hydrogens (tertiary/aromatic N) is 1. The molecule has 1 aromatic carbocycles. The molecule has 2 nitrogen and oxygen atoms in total. The van der Waals surface area contributed by atoms with Crippen molar-refractivity contribution in [2.24, 2.45) is 0 Å². The van der Waals surface area contributed by atoms with E-state index in [4.69, 9.17) is 11.6 Å². The number of piperidine rings is 1. The number of hydrogen-bond donors (Lipinski definition) is 1. The van der Waals surface area contributed by atoms with E-state index in [0.29, 0.717) is 23.1 Å². The summed E-state index contributed by atoms with van der Waals surface area (Å²) in [6, 6.07) is 6.57. The van der Waals surface area contributed by atoms with Gasteiger partial charge in [-0.1, -0.05) is 18.5 Å². The molecule has 0 spiro atoms. The fourth-order valence-corrected chi connectivity index (χ4v) is 4.02. The number of halogens is 2. The smallest absolute Gasteiger partial charge is 0.126 e. The van der Waals surface area contributed by atoms with E-state index in [0.717, 1.165) is 25.1 Å². The van der Waals surface area contributed by atoms with Gasteiger partial charge in [-0.2, -0.15) is 0 Å². The maximum Gasteiger partial charge on any atom is 0.126 e. The highest BCUT2D eigenvalue weighted by atomic mass is 35.5. The molecular weight excluding hydrogens is 275 g/mol. The molecule has 0 aliphatic carbocycles. The van der Waals surface area contributed by atoms with Gasteiger partial charge >= 0.3 is 0 Å². The van der Waals surface area contributed by atoms with Gasteiger partial charge in [-0.3, -0.25) is 0 Å². The van der Waals surface area contributed by atoms with Crippen LogP contribution in [0.5, 0.6) is 0 Å². The van der Waals surface area contributed by atoms with Crippen molar-refractivity contribution >= 4 is 17.3 Å². The number of rotatable bonds is 4. The molecule has 2 aliphatic rings. The van der Waals surface area contributed by atoms with Crippen LogP contribution in [0, 0.1) is 5.82 Å². The van der Waals surface area contributed by atoms with Crippen molar-refractivity contribution in [3.63, 3.8) is 0 Å². The molecule has 2 fully saturated rings. The Morgan fingerprint density at radius 3 is 2.55 bits per heavy atom. The Hall–Kier alpha value is -0.800. The van der Waals surface area contributed by atoms with Crippen molar-refractivity contribution < 1.29 is 4.39 Å². The third-order valence-electron chi connectivity index (χ3n) is 4.56. The lowest BCUT2D eigenvalue weighted by Gasteiger charge is -2.41. The van der Waals surface area contributed by atoms with Crippen molar-refractivity contribution in [1.29, 1.82) is 0 Å². The summed E-state index contributed by atoms with van der Waals surface area (Å²) in [5.41, 5.74) is 0.955. The lowest BCUT2D eigenvalue weighted by molar-refractivity contribution is 0.356. The van der Waals surface area contributed by atoms with Crippen LogP contribution in [0.25, 0.3) is 0 Å². The number of benzene rings is 1. The van der Waals surface area contributed by atoms with Crippen LogP contribution in [-0.2, 0) is 0 Å². The Labute approximate surface area is 125 Å². The zero-order valence-electron chi connectivity index (χ0n) is 11.9. The molecule has 2 aliphatic heterocycles. The molecule has 2 unspecified atom stereocenters. The second-order valence-electron chi connectivity index (χ2n) is 6.04. The van der Waals surface area contributed by atoms with E-state index >= 15 is 0 Å². The summed E-state index contributed by atoms with van der Waals surface area (Å²) in [6.45, 7) is 3.29. The maximum absolute atomic E-state index is 13.6. The van der Waals surface area contributed by atoms with Gasteiger partial charge in [0.05, 0.1) is 0 Å². The molecule has 110 valence electrons. The van der Waals surface area contributed by atoms with Gasteiger partial charge in [0, 0.05) is 28.8 Å². The Morgan fingerprint density at radius 2 is 1.95 bits per heavy atom. The first-order chi connectivity index (χ1) is 9.67. The molecule has 4 heteroatoms. The topological polar surface area (TPSA) is 15.3 Å². The number of hydrogen-bond acceptors (Lipinski definition) is 2. The zero-order chi connectivity index (χ0) is 14.1. The molecule has 2 atom stereocenters. The van der Waals surface area contributed by atoms with Crippen LogP contribution in [0.2, 0.25) is 5.02 Å². The maximum atomic E-state index is 13.6. The molecule has 1 N–H and O–H groups in total. The second-order valence-corrected chi connectivity index (χ2v) is 6.48. The van der Waals surface area contributed by atoms with Crippen molar-refractivity contribution in [2.45, 2.75) is 57.2 Å². The number of anilines is 1. The van der Waals surface area contributed by atoms with Gasteiger partial charge in [0.15, 0.2) is 0 Å². The minimum Gasteiger partial charge on any atom is -0.365 e. The first kappa shape index (κ1) is 14.2. The van der Waals surface area contributed by atoms with Crippen LogP contribution in [0.3, 0.4) is 0 Å². The van der Waals surface area contributed by atoms with Crippen LogP contribution in [-0.4, -0.2) is 24.7 Å². The largest absolute Gasteiger partial charge is 0.365 e. The second kappa shape index (κ2) is 5.90. The van der Waals surface area contributed by atoms with Gasteiger partial charge in [0.2, 0.25) is 0 Å². The highest BCUT2D eigenvalue weighted by Gasteiger charge is 2.40. The van der Waals surface area contributed by atoms with Gasteiger partial charge in [-0.25, -0.2) is 4.39 Å². The predicted molar refractivity (Wildman–Crippen MR) is 82.0 cm³/mol. The minimum absolute atomic E-state index is 0.238. The van der Waals surface area contributed by atoms with Crippen LogP contribution in [0.1, 0.15) is 39.0 Å². The first-order valence-corrected chi connectivity index (χ1v) is 8.03. The van der Waals surface area contributed by atoms with Crippen molar-refractivity contribution in [2.75, 3.05) is 11.4 Å². The molecule has 3 rings (SSSR count). The Kier molecular flexibility index (Phi) is 4.18. The highest BCUT2D eigenvalue weighted by molar-refractivity contribution is 6.30. The van der Waals surface area contributed by atoms with Crippen molar-refractivity contribution in [1.82, 2.24) is 5.32 Å². The highest BCUT2D eigenvalue weighted by Crippen LogP contribution is 2.40. The Bertz CT molecular complexity index is 445. The SMILES string of the molecule is CCCNC1CC2CCC(C1)N2c1cc(F)cc(Cl)c1. The predicted octanol–water partition coefficient (Wildman–Crippen LogP) is 3.98. The van der Waals surface area contributed by atoms with Crippen LogP contribution >= 0.6 is 11.6 Å². The summed E-state index contributed by atoms with van der Waals surface area (Å²) in [5.74, 6) is -0.238. The van der Waals surface area contributed by atoms with Crippen molar-refractivity contribution in [3.05, 3.63) is 29.0 Å². The number of nitrogens with one attached hydrogen (secondary N) is 1. The quantitative estimate of drug-likeness (QED) is 0.904. The third-order valence-corrected chi connectivity index (χ3v) is 4.78. The minimum atomic E-state index is -0.238. The van der Waals surface area contributed by atoms with E-state index in [1.165, 1.54) is 25.3 Å². The van der Waals surface area contributed by atoms with E-state index in [-0.39, 0.29) is 5.82 Å². The fraction of sp³-hybridized carbons (Fsp3) is 0.625. The normalized spacial score (nSPS) is 28.9. The van der Waals surface area contributed by atoms with E-state index in [9.17, 15) is 4.39 Å². The van der Waals surface area contributed by atoms with Gasteiger partial charge in [-0.05, 0) is 56.8 Å². The molecule has 2 heterocycles. The summed E-state index contributed by atoms with van der Waals surface area (Å²) in [7, 11) is 0. The first-order valence-electron chi connectivity index (χ1n) is 7.65. The van der Waals surface area contributed by atoms with Crippen molar-refractivity contribution in [3.8, 4) is 0 Å². The molecule has 20 heavy (non-hydrogen) atoms. The van der Waals surface area contributed by atoms with E-state index < -0.39 is 0 Å². The van der Waals surface area contributed by atoms with Gasteiger partial charge < -0.3 is 10.2 Å². The fourth-order valence-electron chi connectivity index (χ4n) is 3.80. The standard InChI is InChI=1S/C16H22ClFN2/c1-2-5-19-13-9-14-3-4-15(10-13)20(14)16-7-11(17)6-12(18)8-16/h6-8,13-15,19H,2-5,9-10H2,1H3. The van der Waals surface area contributed by atoms with Crippen LogP contribution < -0.4 is 10.2 Å². The van der Waals surface area contributed by atoms with E-state index in [1.54, 1.807) is 6.07 Å². The number of fused-ring (bicyclic) bond motifs is 2. The molecule has 2 bridgehead atoms. The van der Waals surface area contributed by atoms with Crippen LogP contribution in [0.15, 0.2) is 18.2 Å². The van der Waals surface area contributed by atoms with E-state index in [1.807, 2.05) is 6.07 Å². The third kappa shape index (κ3) is 2.79. The molecule has 0 amide bonds. The monoisotopic (exact) mass is 296 g/mol. The van der Waals surface area contributed by atoms with E-state index in [2.05, 4.69) is 17.1 Å². The summed E-state index contributed by atoms with van der Waals surface area (Å²) < 4.78 is 13.6. The molecule has 0 radical (unpaired) electrons. The lowest BCUT2D eigenvalue weighted by atomic mass is 9.96. The van der Waals surface area contributed by atoms with Gasteiger partial charge in [0.1, 0.15) is 5.82 Å². The average Bonchev–Trinajstić information content (AvgIpc) is 2.67.